The van der Waals surface area contributed by atoms with Crippen LogP contribution in [-0.4, -0.2) is 24.9 Å². The van der Waals surface area contributed by atoms with Crippen molar-refractivity contribution in [2.75, 3.05) is 19.8 Å². The third-order valence-electron chi connectivity index (χ3n) is 4.64. The first-order chi connectivity index (χ1) is 10.2. The van der Waals surface area contributed by atoms with Crippen LogP contribution in [0.15, 0.2) is 18.2 Å². The van der Waals surface area contributed by atoms with Crippen LogP contribution in [0.25, 0.3) is 0 Å². The topological polar surface area (TPSA) is 55.5 Å². The average molecular weight is 312 g/mol. The molecule has 3 nitrogen and oxygen atoms in total. The predicted molar refractivity (Wildman–Crippen MR) is 87.0 cm³/mol. The molecule has 1 aliphatic carbocycles. The van der Waals surface area contributed by atoms with Gasteiger partial charge in [0.25, 0.3) is 0 Å². The molecule has 1 unspecified atom stereocenters. The zero-order valence-corrected chi connectivity index (χ0v) is 13.5. The molecule has 0 saturated heterocycles. The lowest BCUT2D eigenvalue weighted by Crippen LogP contribution is -2.27. The van der Waals surface area contributed by atoms with E-state index in [0.29, 0.717) is 31.6 Å². The molecular formula is C17H26ClNO2. The quantitative estimate of drug-likeness (QED) is 0.844. The number of benzene rings is 1. The Balaban J connectivity index is 2.19. The maximum Gasteiger partial charge on any atom is 0.122 e. The van der Waals surface area contributed by atoms with Crippen molar-refractivity contribution < 1.29 is 9.84 Å². The van der Waals surface area contributed by atoms with Crippen LogP contribution in [0.4, 0.5) is 0 Å². The van der Waals surface area contributed by atoms with Crippen molar-refractivity contribution in [2.24, 2.45) is 17.6 Å². The van der Waals surface area contributed by atoms with Crippen molar-refractivity contribution >= 4 is 11.6 Å². The fraction of sp³-hybridized carbons (Fsp3) is 0.647. The van der Waals surface area contributed by atoms with Crippen LogP contribution in [0.3, 0.4) is 0 Å². The summed E-state index contributed by atoms with van der Waals surface area (Å²) >= 11 is 6.17. The molecule has 1 aromatic carbocycles. The molecule has 0 spiro atoms. The van der Waals surface area contributed by atoms with E-state index in [9.17, 15) is 5.11 Å². The van der Waals surface area contributed by atoms with Gasteiger partial charge < -0.3 is 15.6 Å². The van der Waals surface area contributed by atoms with Gasteiger partial charge in [0.2, 0.25) is 0 Å². The molecule has 3 N–H and O–H groups in total. The van der Waals surface area contributed by atoms with Gasteiger partial charge in [-0.2, -0.15) is 0 Å². The smallest absolute Gasteiger partial charge is 0.122 e. The summed E-state index contributed by atoms with van der Waals surface area (Å²) in [5.41, 5.74) is 7.21. The highest BCUT2D eigenvalue weighted by atomic mass is 35.5. The van der Waals surface area contributed by atoms with E-state index < -0.39 is 0 Å². The fourth-order valence-electron chi connectivity index (χ4n) is 3.44. The Morgan fingerprint density at radius 2 is 2.05 bits per heavy atom. The molecule has 1 aromatic rings. The molecule has 0 amide bonds. The summed E-state index contributed by atoms with van der Waals surface area (Å²) in [4.78, 5) is 0. The summed E-state index contributed by atoms with van der Waals surface area (Å²) in [5.74, 6) is 2.20. The number of halogens is 1. The molecular weight excluding hydrogens is 286 g/mol. The Kier molecular flexibility index (Phi) is 6.34. The van der Waals surface area contributed by atoms with Gasteiger partial charge in [-0.15, -0.1) is 0 Å². The Morgan fingerprint density at radius 1 is 1.33 bits per heavy atom. The van der Waals surface area contributed by atoms with E-state index in [4.69, 9.17) is 22.1 Å². The number of hydrogen-bond acceptors (Lipinski definition) is 3. The van der Waals surface area contributed by atoms with Gasteiger partial charge in [0.05, 0.1) is 6.61 Å². The molecule has 118 valence electrons. The minimum Gasteiger partial charge on any atom is -0.494 e. The lowest BCUT2D eigenvalue weighted by Gasteiger charge is -2.33. The van der Waals surface area contributed by atoms with Crippen LogP contribution in [0.2, 0.25) is 5.02 Å². The summed E-state index contributed by atoms with van der Waals surface area (Å²) in [6, 6.07) is 5.82. The first-order valence-corrected chi connectivity index (χ1v) is 8.30. The number of hydrogen-bond donors (Lipinski definition) is 2. The number of aliphatic hydroxyl groups excluding tert-OH is 1. The predicted octanol–water partition coefficient (Wildman–Crippen LogP) is 3.58. The van der Waals surface area contributed by atoms with E-state index in [1.807, 2.05) is 25.1 Å². The van der Waals surface area contributed by atoms with E-state index in [1.165, 1.54) is 0 Å². The molecule has 0 aromatic heterocycles. The Bertz CT molecular complexity index is 444. The first-order valence-electron chi connectivity index (χ1n) is 7.92. The van der Waals surface area contributed by atoms with Crippen molar-refractivity contribution in [1.29, 1.82) is 0 Å². The maximum atomic E-state index is 9.28. The van der Waals surface area contributed by atoms with Gasteiger partial charge in [0, 0.05) is 23.1 Å². The largest absolute Gasteiger partial charge is 0.494 e. The lowest BCUT2D eigenvalue weighted by atomic mass is 9.73. The van der Waals surface area contributed by atoms with Crippen molar-refractivity contribution in [1.82, 2.24) is 0 Å². The van der Waals surface area contributed by atoms with Crippen LogP contribution in [0.5, 0.6) is 5.75 Å². The number of rotatable bonds is 6. The van der Waals surface area contributed by atoms with Crippen LogP contribution < -0.4 is 10.5 Å². The van der Waals surface area contributed by atoms with E-state index >= 15 is 0 Å². The van der Waals surface area contributed by atoms with Gasteiger partial charge in [-0.05, 0) is 69.2 Å². The number of nitrogens with two attached hydrogens (primary N) is 1. The van der Waals surface area contributed by atoms with Gasteiger partial charge in [-0.3, -0.25) is 0 Å². The average Bonchev–Trinajstić information content (AvgIpc) is 2.51. The highest BCUT2D eigenvalue weighted by Gasteiger charge is 2.29. The summed E-state index contributed by atoms with van der Waals surface area (Å²) < 4.78 is 5.75. The minimum absolute atomic E-state index is 0.282. The summed E-state index contributed by atoms with van der Waals surface area (Å²) in [6.45, 7) is 3.54. The standard InChI is InChI=1S/C17H26ClNO2/c1-2-21-17-8-7-14(18)9-15(17)16(10-19)13-5-3-12(11-20)4-6-13/h7-9,12-13,16,20H,2-6,10-11,19H2,1H3. The SMILES string of the molecule is CCOc1ccc(Cl)cc1C(CN)C1CCC(CO)CC1. The van der Waals surface area contributed by atoms with Crippen LogP contribution in [0.1, 0.15) is 44.1 Å². The molecule has 4 heteroatoms. The van der Waals surface area contributed by atoms with Crippen LogP contribution >= 0.6 is 11.6 Å². The zero-order valence-electron chi connectivity index (χ0n) is 12.7. The van der Waals surface area contributed by atoms with Gasteiger partial charge >= 0.3 is 0 Å². The second-order valence-electron chi connectivity index (χ2n) is 5.92. The van der Waals surface area contributed by atoms with Crippen LogP contribution in [-0.2, 0) is 0 Å². The molecule has 0 aliphatic heterocycles. The van der Waals surface area contributed by atoms with E-state index in [2.05, 4.69) is 0 Å². The molecule has 0 bridgehead atoms. The monoisotopic (exact) mass is 311 g/mol. The number of ether oxygens (including phenoxy) is 1. The molecule has 0 heterocycles. The Hall–Kier alpha value is -0.770. The molecule has 1 saturated carbocycles. The summed E-state index contributed by atoms with van der Waals surface area (Å²) in [7, 11) is 0. The maximum absolute atomic E-state index is 9.28. The van der Waals surface area contributed by atoms with Crippen molar-refractivity contribution in [2.45, 2.75) is 38.5 Å². The third-order valence-corrected chi connectivity index (χ3v) is 4.88. The second-order valence-corrected chi connectivity index (χ2v) is 6.36. The summed E-state index contributed by atoms with van der Waals surface area (Å²) in [5, 5.41) is 10.0. The van der Waals surface area contributed by atoms with Gasteiger partial charge in [-0.1, -0.05) is 11.6 Å². The highest BCUT2D eigenvalue weighted by molar-refractivity contribution is 6.30. The zero-order chi connectivity index (χ0) is 15.2. The normalized spacial score (nSPS) is 23.8. The molecule has 1 aliphatic rings. The van der Waals surface area contributed by atoms with Gasteiger partial charge in [-0.25, -0.2) is 0 Å². The third kappa shape index (κ3) is 4.12. The lowest BCUT2D eigenvalue weighted by molar-refractivity contribution is 0.157. The van der Waals surface area contributed by atoms with Crippen molar-refractivity contribution in [3.05, 3.63) is 28.8 Å². The first kappa shape index (κ1) is 16.6. The van der Waals surface area contributed by atoms with E-state index in [0.717, 1.165) is 42.0 Å². The van der Waals surface area contributed by atoms with E-state index in [1.54, 1.807) is 0 Å². The molecule has 2 rings (SSSR count). The summed E-state index contributed by atoms with van der Waals surface area (Å²) in [6.07, 6.45) is 4.40. The van der Waals surface area contributed by atoms with Crippen molar-refractivity contribution in [3.63, 3.8) is 0 Å². The molecule has 1 fully saturated rings. The molecule has 1 atom stereocenters. The Labute approximate surface area is 132 Å². The molecule has 21 heavy (non-hydrogen) atoms. The van der Waals surface area contributed by atoms with Gasteiger partial charge in [0.15, 0.2) is 0 Å². The van der Waals surface area contributed by atoms with Crippen molar-refractivity contribution in [3.8, 4) is 5.75 Å². The van der Waals surface area contributed by atoms with Gasteiger partial charge in [0.1, 0.15) is 5.75 Å². The number of aliphatic hydroxyl groups is 1. The molecule has 0 radical (unpaired) electrons. The fourth-order valence-corrected chi connectivity index (χ4v) is 3.62. The highest BCUT2D eigenvalue weighted by Crippen LogP contribution is 2.41. The van der Waals surface area contributed by atoms with E-state index in [-0.39, 0.29) is 5.92 Å². The minimum atomic E-state index is 0.282. The Morgan fingerprint density at radius 3 is 2.62 bits per heavy atom. The second kappa shape index (κ2) is 8.02. The van der Waals surface area contributed by atoms with Crippen LogP contribution in [0, 0.1) is 11.8 Å².